The van der Waals surface area contributed by atoms with Gasteiger partial charge < -0.3 is 5.11 Å². The molecule has 0 aliphatic heterocycles. The van der Waals surface area contributed by atoms with E-state index >= 15 is 0 Å². The van der Waals surface area contributed by atoms with Crippen LogP contribution in [-0.4, -0.2) is 5.11 Å². The standard InChI is InChI=1S/C10H12ClFO/c1-6-4-5-7(11)8(9(6)12)10(2,3)13/h4-5,13H,1-3H3. The van der Waals surface area contributed by atoms with Crippen molar-refractivity contribution in [3.63, 3.8) is 0 Å². The van der Waals surface area contributed by atoms with E-state index in [0.29, 0.717) is 5.56 Å². The molecule has 3 heteroatoms. The molecule has 1 aromatic rings. The van der Waals surface area contributed by atoms with Crippen molar-refractivity contribution in [2.75, 3.05) is 0 Å². The highest BCUT2D eigenvalue weighted by atomic mass is 35.5. The van der Waals surface area contributed by atoms with Crippen LogP contribution in [0.3, 0.4) is 0 Å². The van der Waals surface area contributed by atoms with E-state index in [-0.39, 0.29) is 10.6 Å². The Hall–Kier alpha value is -0.600. The summed E-state index contributed by atoms with van der Waals surface area (Å²) in [7, 11) is 0. The molecule has 0 spiro atoms. The van der Waals surface area contributed by atoms with E-state index in [2.05, 4.69) is 0 Å². The molecule has 0 amide bonds. The Morgan fingerprint density at radius 3 is 2.31 bits per heavy atom. The van der Waals surface area contributed by atoms with Crippen molar-refractivity contribution in [3.05, 3.63) is 34.1 Å². The smallest absolute Gasteiger partial charge is 0.133 e. The van der Waals surface area contributed by atoms with Crippen molar-refractivity contribution in [2.45, 2.75) is 26.4 Å². The average molecular weight is 203 g/mol. The summed E-state index contributed by atoms with van der Waals surface area (Å²) in [6.07, 6.45) is 0. The Labute approximate surface area is 82.2 Å². The van der Waals surface area contributed by atoms with Crippen molar-refractivity contribution < 1.29 is 9.50 Å². The molecule has 0 atom stereocenters. The molecule has 0 unspecified atom stereocenters. The minimum atomic E-state index is -1.24. The van der Waals surface area contributed by atoms with E-state index in [0.717, 1.165) is 0 Å². The first-order valence-corrected chi connectivity index (χ1v) is 4.39. The maximum Gasteiger partial charge on any atom is 0.133 e. The van der Waals surface area contributed by atoms with Crippen LogP contribution in [0.25, 0.3) is 0 Å². The van der Waals surface area contributed by atoms with Gasteiger partial charge in [0.1, 0.15) is 5.82 Å². The van der Waals surface area contributed by atoms with E-state index in [9.17, 15) is 9.50 Å². The van der Waals surface area contributed by atoms with Gasteiger partial charge in [-0.15, -0.1) is 0 Å². The lowest BCUT2D eigenvalue weighted by Crippen LogP contribution is -2.18. The highest BCUT2D eigenvalue weighted by Gasteiger charge is 2.24. The Morgan fingerprint density at radius 1 is 1.38 bits per heavy atom. The summed E-state index contributed by atoms with van der Waals surface area (Å²) in [5.41, 5.74) is -0.594. The SMILES string of the molecule is Cc1ccc(Cl)c(C(C)(C)O)c1F. The Bertz CT molecular complexity index is 328. The van der Waals surface area contributed by atoms with Gasteiger partial charge in [0.05, 0.1) is 5.60 Å². The molecule has 0 fully saturated rings. The third-order valence-corrected chi connectivity index (χ3v) is 2.21. The topological polar surface area (TPSA) is 20.2 Å². The van der Waals surface area contributed by atoms with Crippen LogP contribution < -0.4 is 0 Å². The minimum Gasteiger partial charge on any atom is -0.386 e. The quantitative estimate of drug-likeness (QED) is 0.742. The van der Waals surface area contributed by atoms with Gasteiger partial charge in [0.15, 0.2) is 0 Å². The number of halogens is 2. The molecule has 1 rings (SSSR count). The van der Waals surface area contributed by atoms with E-state index in [1.165, 1.54) is 13.8 Å². The van der Waals surface area contributed by atoms with E-state index < -0.39 is 11.4 Å². The van der Waals surface area contributed by atoms with Crippen LogP contribution in [0.5, 0.6) is 0 Å². The third-order valence-electron chi connectivity index (χ3n) is 1.90. The van der Waals surface area contributed by atoms with Crippen molar-refractivity contribution in [3.8, 4) is 0 Å². The van der Waals surface area contributed by atoms with Crippen molar-refractivity contribution in [1.82, 2.24) is 0 Å². The first kappa shape index (κ1) is 10.5. The highest BCUT2D eigenvalue weighted by Crippen LogP contribution is 2.31. The van der Waals surface area contributed by atoms with Gasteiger partial charge >= 0.3 is 0 Å². The van der Waals surface area contributed by atoms with Crippen LogP contribution in [0, 0.1) is 12.7 Å². The summed E-state index contributed by atoms with van der Waals surface area (Å²) >= 11 is 5.79. The summed E-state index contributed by atoms with van der Waals surface area (Å²) in [6, 6.07) is 3.18. The van der Waals surface area contributed by atoms with Crippen molar-refractivity contribution in [1.29, 1.82) is 0 Å². The van der Waals surface area contributed by atoms with Crippen LogP contribution in [0.1, 0.15) is 25.0 Å². The predicted octanol–water partition coefficient (Wildman–Crippen LogP) is 3.01. The first-order valence-electron chi connectivity index (χ1n) is 4.01. The summed E-state index contributed by atoms with van der Waals surface area (Å²) in [6.45, 7) is 4.66. The van der Waals surface area contributed by atoms with Gasteiger partial charge in [0.25, 0.3) is 0 Å². The Morgan fingerprint density at radius 2 is 1.92 bits per heavy atom. The second kappa shape index (κ2) is 3.28. The zero-order valence-corrected chi connectivity index (χ0v) is 8.61. The average Bonchev–Trinajstić information content (AvgIpc) is 1.95. The maximum absolute atomic E-state index is 13.5. The van der Waals surface area contributed by atoms with Crippen LogP contribution in [0.15, 0.2) is 12.1 Å². The highest BCUT2D eigenvalue weighted by molar-refractivity contribution is 6.31. The van der Waals surface area contributed by atoms with E-state index in [1.54, 1.807) is 19.1 Å². The summed E-state index contributed by atoms with van der Waals surface area (Å²) < 4.78 is 13.5. The molecule has 1 N–H and O–H groups in total. The van der Waals surface area contributed by atoms with E-state index in [1.807, 2.05) is 0 Å². The lowest BCUT2D eigenvalue weighted by atomic mass is 9.96. The molecule has 0 aromatic heterocycles. The molecule has 0 bridgehead atoms. The lowest BCUT2D eigenvalue weighted by molar-refractivity contribution is 0.0745. The maximum atomic E-state index is 13.5. The molecule has 0 aliphatic rings. The van der Waals surface area contributed by atoms with Gasteiger partial charge in [-0.3, -0.25) is 0 Å². The Kier molecular flexibility index (Phi) is 2.64. The number of benzene rings is 1. The molecule has 0 saturated carbocycles. The number of aryl methyl sites for hydroxylation is 1. The second-order valence-electron chi connectivity index (χ2n) is 3.61. The number of hydrogen-bond donors (Lipinski definition) is 1. The molecular formula is C10H12ClFO. The molecule has 13 heavy (non-hydrogen) atoms. The molecule has 1 nitrogen and oxygen atoms in total. The van der Waals surface area contributed by atoms with Gasteiger partial charge in [-0.1, -0.05) is 17.7 Å². The van der Waals surface area contributed by atoms with Gasteiger partial charge in [-0.25, -0.2) is 4.39 Å². The molecular weight excluding hydrogens is 191 g/mol. The monoisotopic (exact) mass is 202 g/mol. The molecule has 0 heterocycles. The van der Waals surface area contributed by atoms with Gasteiger partial charge in [0.2, 0.25) is 0 Å². The fraction of sp³-hybridized carbons (Fsp3) is 0.400. The largest absolute Gasteiger partial charge is 0.386 e. The summed E-state index contributed by atoms with van der Waals surface area (Å²) in [5.74, 6) is -0.431. The third kappa shape index (κ3) is 2.01. The van der Waals surface area contributed by atoms with E-state index in [4.69, 9.17) is 11.6 Å². The summed E-state index contributed by atoms with van der Waals surface area (Å²) in [4.78, 5) is 0. The van der Waals surface area contributed by atoms with Gasteiger partial charge in [0, 0.05) is 10.6 Å². The fourth-order valence-corrected chi connectivity index (χ4v) is 1.59. The number of aliphatic hydroxyl groups is 1. The molecule has 0 radical (unpaired) electrons. The second-order valence-corrected chi connectivity index (χ2v) is 4.02. The van der Waals surface area contributed by atoms with Crippen LogP contribution in [-0.2, 0) is 5.60 Å². The van der Waals surface area contributed by atoms with Crippen LogP contribution in [0.4, 0.5) is 4.39 Å². The lowest BCUT2D eigenvalue weighted by Gasteiger charge is -2.20. The minimum absolute atomic E-state index is 0.161. The van der Waals surface area contributed by atoms with Crippen molar-refractivity contribution >= 4 is 11.6 Å². The van der Waals surface area contributed by atoms with Crippen LogP contribution in [0.2, 0.25) is 5.02 Å². The molecule has 1 aromatic carbocycles. The number of hydrogen-bond acceptors (Lipinski definition) is 1. The fourth-order valence-electron chi connectivity index (χ4n) is 1.22. The van der Waals surface area contributed by atoms with Gasteiger partial charge in [-0.2, -0.15) is 0 Å². The van der Waals surface area contributed by atoms with Crippen LogP contribution >= 0.6 is 11.6 Å². The van der Waals surface area contributed by atoms with Gasteiger partial charge in [-0.05, 0) is 32.4 Å². The first-order chi connectivity index (χ1) is 5.84. The van der Waals surface area contributed by atoms with Crippen molar-refractivity contribution in [2.24, 2.45) is 0 Å². The Balaban J connectivity index is 3.43. The normalized spacial score (nSPS) is 11.8. The zero-order chi connectivity index (χ0) is 10.2. The summed E-state index contributed by atoms with van der Waals surface area (Å²) in [5, 5.41) is 9.91. The zero-order valence-electron chi connectivity index (χ0n) is 7.86. The molecule has 0 saturated heterocycles. The molecule has 0 aliphatic carbocycles. The predicted molar refractivity (Wildman–Crippen MR) is 51.4 cm³/mol. The number of rotatable bonds is 1. The molecule has 72 valence electrons.